The molecule has 0 spiro atoms. The Morgan fingerprint density at radius 2 is 1.98 bits per heavy atom. The largest absolute Gasteiger partial charge is 0.495 e. The third-order valence-electron chi connectivity index (χ3n) is 6.94. The number of hydrogen-bond acceptors (Lipinski definition) is 10. The van der Waals surface area contributed by atoms with Gasteiger partial charge in [0.2, 0.25) is 11.8 Å². The first-order chi connectivity index (χ1) is 19.9. The first-order valence-corrected chi connectivity index (χ1v) is 13.2. The summed E-state index contributed by atoms with van der Waals surface area (Å²) in [6, 6.07) is 11.2. The minimum atomic E-state index is -0.142. The molecule has 2 aromatic carbocycles. The number of anilines is 2. The van der Waals surface area contributed by atoms with Gasteiger partial charge in [0.25, 0.3) is 5.91 Å². The summed E-state index contributed by atoms with van der Waals surface area (Å²) in [6.45, 7) is 4.20. The second-order valence-electron chi connectivity index (χ2n) is 9.97. The van der Waals surface area contributed by atoms with E-state index in [4.69, 9.17) is 28.6 Å². The fraction of sp³-hybridized carbons (Fsp3) is 0.310. The Morgan fingerprint density at radius 1 is 1.12 bits per heavy atom. The Kier molecular flexibility index (Phi) is 7.16. The molecule has 0 saturated carbocycles. The number of benzene rings is 2. The van der Waals surface area contributed by atoms with Crippen LogP contribution in [0.2, 0.25) is 0 Å². The van der Waals surface area contributed by atoms with Crippen LogP contribution in [0.1, 0.15) is 16.2 Å². The van der Waals surface area contributed by atoms with Crippen molar-refractivity contribution in [1.29, 1.82) is 0 Å². The molecule has 1 aliphatic rings. The average Bonchev–Trinajstić information content (AvgIpc) is 3.54. The Bertz CT molecular complexity index is 1720. The van der Waals surface area contributed by atoms with E-state index in [0.29, 0.717) is 59.2 Å². The van der Waals surface area contributed by atoms with Crippen LogP contribution in [0, 0.1) is 6.92 Å². The molecule has 4 heterocycles. The van der Waals surface area contributed by atoms with E-state index >= 15 is 0 Å². The highest BCUT2D eigenvalue weighted by Crippen LogP contribution is 2.37. The molecule has 1 amide bonds. The zero-order chi connectivity index (χ0) is 28.5. The number of nitrogens with zero attached hydrogens (tertiary/aromatic N) is 4. The normalized spacial score (nSPS) is 13.9. The van der Waals surface area contributed by atoms with Crippen LogP contribution in [0.25, 0.3) is 33.3 Å². The fourth-order valence-electron chi connectivity index (χ4n) is 4.93. The Hall–Kier alpha value is -4.68. The molecule has 0 atom stereocenters. The minimum absolute atomic E-state index is 0.142. The molecular weight excluding hydrogens is 526 g/mol. The van der Waals surface area contributed by atoms with E-state index in [0.717, 1.165) is 35.1 Å². The monoisotopic (exact) mass is 557 g/mol. The van der Waals surface area contributed by atoms with Crippen LogP contribution in [-0.4, -0.2) is 84.4 Å². The van der Waals surface area contributed by atoms with Crippen LogP contribution in [0.4, 0.5) is 11.6 Å². The predicted molar refractivity (Wildman–Crippen MR) is 154 cm³/mol. The molecule has 12 nitrogen and oxygen atoms in total. The fourth-order valence-corrected chi connectivity index (χ4v) is 4.93. The minimum Gasteiger partial charge on any atom is -0.495 e. The van der Waals surface area contributed by atoms with Gasteiger partial charge in [-0.3, -0.25) is 4.79 Å². The van der Waals surface area contributed by atoms with Crippen molar-refractivity contribution in [2.75, 3.05) is 52.9 Å². The highest BCUT2D eigenvalue weighted by atomic mass is 16.5. The number of amides is 1. The number of hydrogen-bond donors (Lipinski definition) is 3. The van der Waals surface area contributed by atoms with Crippen molar-refractivity contribution < 1.29 is 23.4 Å². The van der Waals surface area contributed by atoms with Crippen LogP contribution in [0.5, 0.6) is 11.6 Å². The molecule has 5 aromatic rings. The van der Waals surface area contributed by atoms with Gasteiger partial charge >= 0.3 is 0 Å². The number of carbonyl (C=O) groups is 1. The number of carbonyl (C=O) groups excluding carboxylic acids is 1. The lowest BCUT2D eigenvalue weighted by Crippen LogP contribution is -2.57. The molecule has 41 heavy (non-hydrogen) atoms. The summed E-state index contributed by atoms with van der Waals surface area (Å²) in [5.41, 5.74) is 4.95. The van der Waals surface area contributed by atoms with Crippen molar-refractivity contribution >= 4 is 39.7 Å². The molecule has 1 saturated heterocycles. The molecule has 3 N–H and O–H groups in total. The standard InChI is InChI=1S/C29H31N7O5/c1-16-31-22-7-5-17(11-24(22)41-16)20-13-30-26-25(20)28(40-10-9-38-3)35-29(34-26)33-21-8-6-18(12-23(21)39-4)27(37)32-19-14-36(2)15-19/h5-8,11-13,19H,9-10,14-15H2,1-4H3,(H,32,37)(H2,30,33,34,35). The highest BCUT2D eigenvalue weighted by Gasteiger charge is 2.25. The van der Waals surface area contributed by atoms with Crippen LogP contribution in [0.15, 0.2) is 47.0 Å². The molecule has 6 rings (SSSR count). The lowest BCUT2D eigenvalue weighted by molar-refractivity contribution is 0.0857. The molecule has 0 bridgehead atoms. The van der Waals surface area contributed by atoms with E-state index in [1.807, 2.05) is 38.4 Å². The summed E-state index contributed by atoms with van der Waals surface area (Å²) < 4.78 is 22.6. The molecule has 3 aromatic heterocycles. The number of aryl methyl sites for hydroxylation is 1. The van der Waals surface area contributed by atoms with Crippen LogP contribution in [-0.2, 0) is 4.74 Å². The molecule has 0 unspecified atom stereocenters. The van der Waals surface area contributed by atoms with Gasteiger partial charge < -0.3 is 39.1 Å². The Labute approximate surface area is 236 Å². The van der Waals surface area contributed by atoms with E-state index in [-0.39, 0.29) is 11.9 Å². The quantitative estimate of drug-likeness (QED) is 0.217. The lowest BCUT2D eigenvalue weighted by Gasteiger charge is -2.36. The summed E-state index contributed by atoms with van der Waals surface area (Å²) in [6.07, 6.45) is 1.87. The molecule has 212 valence electrons. The van der Waals surface area contributed by atoms with Crippen LogP contribution in [0.3, 0.4) is 0 Å². The van der Waals surface area contributed by atoms with Gasteiger partial charge in [0.15, 0.2) is 11.5 Å². The molecule has 0 aliphatic carbocycles. The van der Waals surface area contributed by atoms with Crippen LogP contribution < -0.4 is 20.1 Å². The van der Waals surface area contributed by atoms with Crippen molar-refractivity contribution in [2.24, 2.45) is 0 Å². The maximum absolute atomic E-state index is 12.7. The number of ether oxygens (including phenoxy) is 3. The van der Waals surface area contributed by atoms with Crippen molar-refractivity contribution in [1.82, 2.24) is 30.2 Å². The van der Waals surface area contributed by atoms with Gasteiger partial charge in [-0.05, 0) is 42.9 Å². The summed E-state index contributed by atoms with van der Waals surface area (Å²) in [4.78, 5) is 31.9. The predicted octanol–water partition coefficient (Wildman–Crippen LogP) is 3.90. The number of likely N-dealkylation sites (N-methyl/N-ethyl adjacent to an activating group) is 1. The lowest BCUT2D eigenvalue weighted by atomic mass is 10.1. The number of nitrogens with one attached hydrogen (secondary N) is 3. The van der Waals surface area contributed by atoms with Crippen LogP contribution >= 0.6 is 0 Å². The molecule has 1 aliphatic heterocycles. The van der Waals surface area contributed by atoms with Gasteiger partial charge in [-0.25, -0.2) is 4.98 Å². The van der Waals surface area contributed by atoms with Crippen molar-refractivity contribution in [3.63, 3.8) is 0 Å². The zero-order valence-electron chi connectivity index (χ0n) is 23.3. The maximum Gasteiger partial charge on any atom is 0.251 e. The van der Waals surface area contributed by atoms with Gasteiger partial charge in [0, 0.05) is 44.4 Å². The number of oxazole rings is 1. The van der Waals surface area contributed by atoms with Crippen molar-refractivity contribution in [3.05, 3.63) is 54.0 Å². The first-order valence-electron chi connectivity index (χ1n) is 13.2. The smallest absolute Gasteiger partial charge is 0.251 e. The first kappa shape index (κ1) is 26.5. The number of rotatable bonds is 10. The summed E-state index contributed by atoms with van der Waals surface area (Å²) in [5, 5.41) is 6.98. The molecular formula is C29H31N7O5. The number of aromatic amines is 1. The van der Waals surface area contributed by atoms with Crippen molar-refractivity contribution in [3.8, 4) is 22.8 Å². The van der Waals surface area contributed by atoms with Gasteiger partial charge in [-0.2, -0.15) is 9.97 Å². The number of methoxy groups -OCH3 is 2. The van der Waals surface area contributed by atoms with E-state index in [1.54, 1.807) is 32.4 Å². The van der Waals surface area contributed by atoms with Gasteiger partial charge in [0.05, 0.1) is 30.8 Å². The van der Waals surface area contributed by atoms with Gasteiger partial charge in [-0.1, -0.05) is 6.07 Å². The van der Waals surface area contributed by atoms with Gasteiger partial charge in [-0.15, -0.1) is 0 Å². The average molecular weight is 558 g/mol. The van der Waals surface area contributed by atoms with Crippen molar-refractivity contribution in [2.45, 2.75) is 13.0 Å². The number of fused-ring (bicyclic) bond motifs is 2. The molecule has 0 radical (unpaired) electrons. The van der Waals surface area contributed by atoms with E-state index in [2.05, 4.69) is 25.5 Å². The van der Waals surface area contributed by atoms with E-state index in [9.17, 15) is 4.79 Å². The number of likely N-dealkylation sites (tertiary alicyclic amines) is 1. The number of aromatic nitrogens is 4. The summed E-state index contributed by atoms with van der Waals surface area (Å²) >= 11 is 0. The highest BCUT2D eigenvalue weighted by molar-refractivity contribution is 5.99. The second-order valence-corrected chi connectivity index (χ2v) is 9.97. The Morgan fingerprint density at radius 3 is 2.76 bits per heavy atom. The third kappa shape index (κ3) is 5.39. The van der Waals surface area contributed by atoms with E-state index in [1.165, 1.54) is 0 Å². The van der Waals surface area contributed by atoms with Gasteiger partial charge in [0.1, 0.15) is 23.5 Å². The maximum atomic E-state index is 12.7. The third-order valence-corrected chi connectivity index (χ3v) is 6.94. The SMILES string of the molecule is COCCOc1nc(Nc2ccc(C(=O)NC3CN(C)C3)cc2OC)nc2[nH]cc(-c3ccc4nc(C)oc4c3)c12. The zero-order valence-corrected chi connectivity index (χ0v) is 23.3. The number of H-pyrrole nitrogens is 1. The topological polar surface area (TPSA) is 140 Å². The van der Waals surface area contributed by atoms with E-state index < -0.39 is 0 Å². The molecule has 12 heteroatoms. The molecule has 1 fully saturated rings. The summed E-state index contributed by atoms with van der Waals surface area (Å²) in [7, 11) is 5.19. The summed E-state index contributed by atoms with van der Waals surface area (Å²) in [5.74, 6) is 1.63. The second kappa shape index (κ2) is 11.1. The Balaban J connectivity index is 1.31.